The largest absolute Gasteiger partial charge is 0.490 e. The van der Waals surface area contributed by atoms with Gasteiger partial charge in [-0.1, -0.05) is 0 Å². The molecule has 0 radical (unpaired) electrons. The van der Waals surface area contributed by atoms with Gasteiger partial charge in [-0.25, -0.2) is 9.59 Å². The van der Waals surface area contributed by atoms with E-state index in [0.717, 1.165) is 18.8 Å². The minimum Gasteiger partial charge on any atom is -0.488 e. The van der Waals surface area contributed by atoms with E-state index in [-0.39, 0.29) is 0 Å². The van der Waals surface area contributed by atoms with Crippen LogP contribution in [-0.4, -0.2) is 58.7 Å². The Labute approximate surface area is 136 Å². The number of alkyl halides is 6. The summed E-state index contributed by atoms with van der Waals surface area (Å²) in [7, 11) is 0. The first-order chi connectivity index (χ1) is 11.3. The fraction of sp³-hybridized carbons (Fsp3) is 0.417. The Kier molecular flexibility index (Phi) is 8.67. The Balaban J connectivity index is 0.000000366. The van der Waals surface area contributed by atoms with E-state index in [1.54, 1.807) is 12.4 Å². The van der Waals surface area contributed by atoms with E-state index in [1.165, 1.54) is 0 Å². The number of pyridine rings is 1. The van der Waals surface area contributed by atoms with Gasteiger partial charge in [0.2, 0.25) is 0 Å². The van der Waals surface area contributed by atoms with Crippen molar-refractivity contribution in [2.75, 3.05) is 13.1 Å². The van der Waals surface area contributed by atoms with E-state index in [4.69, 9.17) is 24.5 Å². The Morgan fingerprint density at radius 2 is 1.36 bits per heavy atom. The molecule has 142 valence electrons. The van der Waals surface area contributed by atoms with Crippen LogP contribution in [0.25, 0.3) is 0 Å². The smallest absolute Gasteiger partial charge is 0.488 e. The van der Waals surface area contributed by atoms with Gasteiger partial charge in [0.1, 0.15) is 11.9 Å². The minimum atomic E-state index is -5.08. The van der Waals surface area contributed by atoms with E-state index in [9.17, 15) is 26.3 Å². The first-order valence-electron chi connectivity index (χ1n) is 6.21. The van der Waals surface area contributed by atoms with E-state index >= 15 is 0 Å². The highest BCUT2D eigenvalue weighted by Gasteiger charge is 2.38. The molecule has 1 aromatic rings. The zero-order chi connectivity index (χ0) is 19.7. The fourth-order valence-electron chi connectivity index (χ4n) is 0.955. The number of carbonyl (C=O) groups is 2. The highest BCUT2D eigenvalue weighted by atomic mass is 19.4. The first-order valence-corrected chi connectivity index (χ1v) is 6.21. The maximum absolute atomic E-state index is 10.6. The van der Waals surface area contributed by atoms with Crippen molar-refractivity contribution in [1.29, 1.82) is 0 Å². The van der Waals surface area contributed by atoms with Crippen molar-refractivity contribution in [3.05, 3.63) is 24.5 Å². The first kappa shape index (κ1) is 22.4. The number of aromatic nitrogens is 1. The molecule has 0 unspecified atom stereocenters. The van der Waals surface area contributed by atoms with E-state index in [1.807, 2.05) is 12.1 Å². The molecule has 0 saturated carbocycles. The Hall–Kier alpha value is -2.57. The van der Waals surface area contributed by atoms with Gasteiger partial charge in [-0.15, -0.1) is 0 Å². The van der Waals surface area contributed by atoms with Crippen LogP contribution in [0.2, 0.25) is 0 Å². The highest BCUT2D eigenvalue weighted by Crippen LogP contribution is 2.13. The molecule has 2 heterocycles. The number of rotatable bonds is 2. The van der Waals surface area contributed by atoms with Gasteiger partial charge in [0.25, 0.3) is 0 Å². The third-order valence-corrected chi connectivity index (χ3v) is 2.18. The lowest BCUT2D eigenvalue weighted by Crippen LogP contribution is -2.50. The second-order valence-corrected chi connectivity index (χ2v) is 4.19. The van der Waals surface area contributed by atoms with Crippen LogP contribution in [0, 0.1) is 0 Å². The summed E-state index contributed by atoms with van der Waals surface area (Å²) in [6, 6.07) is 3.75. The van der Waals surface area contributed by atoms with Crippen LogP contribution in [0.15, 0.2) is 24.5 Å². The SMILES string of the molecule is O=C(O)C(F)(F)F.O=C(O)C(F)(F)F.c1cc(OC2CNC2)ccn1. The standard InChI is InChI=1S/C8H10N2O.2C2HF3O2/c1-3-9-4-2-7(1)11-8-5-10-6-8;2*3-2(4,5)1(6)7/h1-4,8,10H,5-6H2;2*(H,6,7). The fourth-order valence-corrected chi connectivity index (χ4v) is 0.955. The normalized spacial score (nSPS) is 14.0. The molecule has 0 spiro atoms. The molecule has 1 aromatic heterocycles. The maximum atomic E-state index is 10.6. The lowest BCUT2D eigenvalue weighted by atomic mass is 10.2. The van der Waals surface area contributed by atoms with E-state index < -0.39 is 24.3 Å². The summed E-state index contributed by atoms with van der Waals surface area (Å²) in [4.78, 5) is 21.7. The number of hydrogen-bond acceptors (Lipinski definition) is 5. The van der Waals surface area contributed by atoms with Crippen molar-refractivity contribution in [2.45, 2.75) is 18.5 Å². The van der Waals surface area contributed by atoms with Crippen molar-refractivity contribution in [3.63, 3.8) is 0 Å². The maximum Gasteiger partial charge on any atom is 0.490 e. The van der Waals surface area contributed by atoms with Gasteiger partial charge in [-0.05, 0) is 12.1 Å². The quantitative estimate of drug-likeness (QED) is 0.672. The van der Waals surface area contributed by atoms with Crippen LogP contribution in [0.5, 0.6) is 5.75 Å². The van der Waals surface area contributed by atoms with Crippen LogP contribution in [0.3, 0.4) is 0 Å². The molecular weight excluding hydrogens is 366 g/mol. The summed E-state index contributed by atoms with van der Waals surface area (Å²) in [5.41, 5.74) is 0. The Bertz CT molecular complexity index is 521. The lowest BCUT2D eigenvalue weighted by Gasteiger charge is -2.27. The van der Waals surface area contributed by atoms with Gasteiger partial charge in [0.05, 0.1) is 0 Å². The number of nitrogens with one attached hydrogen (secondary N) is 1. The average molecular weight is 378 g/mol. The summed E-state index contributed by atoms with van der Waals surface area (Å²) in [6.07, 6.45) is -6.33. The summed E-state index contributed by atoms with van der Waals surface area (Å²) in [5.74, 6) is -4.61. The molecule has 1 aliphatic rings. The van der Waals surface area contributed by atoms with Gasteiger partial charge < -0.3 is 20.3 Å². The zero-order valence-electron chi connectivity index (χ0n) is 12.1. The molecule has 25 heavy (non-hydrogen) atoms. The van der Waals surface area contributed by atoms with Crippen LogP contribution in [0.1, 0.15) is 0 Å². The molecule has 1 aliphatic heterocycles. The highest BCUT2D eigenvalue weighted by molar-refractivity contribution is 5.73. The van der Waals surface area contributed by atoms with Gasteiger partial charge in [-0.2, -0.15) is 26.3 Å². The molecular formula is C12H12F6N2O5. The molecule has 0 amide bonds. The number of aliphatic carboxylic acids is 2. The third kappa shape index (κ3) is 10.8. The number of ether oxygens (including phenoxy) is 1. The number of hydrogen-bond donors (Lipinski definition) is 3. The van der Waals surface area contributed by atoms with Gasteiger partial charge in [0.15, 0.2) is 0 Å². The minimum absolute atomic E-state index is 0.359. The summed E-state index contributed by atoms with van der Waals surface area (Å²) in [6.45, 7) is 1.92. The number of carboxylic acid groups (broad SMARTS) is 2. The third-order valence-electron chi connectivity index (χ3n) is 2.18. The second kappa shape index (κ2) is 9.66. The van der Waals surface area contributed by atoms with Crippen molar-refractivity contribution < 1.29 is 50.9 Å². The van der Waals surface area contributed by atoms with Crippen LogP contribution in [0.4, 0.5) is 26.3 Å². The van der Waals surface area contributed by atoms with Gasteiger partial charge in [0, 0.05) is 25.5 Å². The molecule has 3 N–H and O–H groups in total. The predicted octanol–water partition coefficient (Wildman–Crippen LogP) is 1.70. The van der Waals surface area contributed by atoms with Gasteiger partial charge in [-0.3, -0.25) is 4.98 Å². The van der Waals surface area contributed by atoms with E-state index in [2.05, 4.69) is 10.3 Å². The van der Waals surface area contributed by atoms with Crippen LogP contribution < -0.4 is 10.1 Å². The van der Waals surface area contributed by atoms with Crippen LogP contribution in [-0.2, 0) is 9.59 Å². The molecule has 0 atom stereocenters. The molecule has 0 aromatic carbocycles. The van der Waals surface area contributed by atoms with Gasteiger partial charge >= 0.3 is 24.3 Å². The van der Waals surface area contributed by atoms with Crippen molar-refractivity contribution >= 4 is 11.9 Å². The van der Waals surface area contributed by atoms with E-state index in [0.29, 0.717) is 6.10 Å². The number of carboxylic acids is 2. The molecule has 2 rings (SSSR count). The monoisotopic (exact) mass is 378 g/mol. The summed E-state index contributed by atoms with van der Waals surface area (Å²) >= 11 is 0. The number of nitrogens with zero attached hydrogens (tertiary/aromatic N) is 1. The second-order valence-electron chi connectivity index (χ2n) is 4.19. The topological polar surface area (TPSA) is 109 Å². The van der Waals surface area contributed by atoms with Crippen molar-refractivity contribution in [1.82, 2.24) is 10.3 Å². The summed E-state index contributed by atoms with van der Waals surface area (Å²) in [5, 5.41) is 17.4. The van der Waals surface area contributed by atoms with Crippen molar-refractivity contribution in [2.24, 2.45) is 0 Å². The summed E-state index contributed by atoms with van der Waals surface area (Å²) < 4.78 is 69.0. The average Bonchev–Trinajstić information content (AvgIpc) is 2.43. The van der Waals surface area contributed by atoms with Crippen molar-refractivity contribution in [3.8, 4) is 5.75 Å². The Morgan fingerprint density at radius 3 is 1.60 bits per heavy atom. The predicted molar refractivity (Wildman–Crippen MR) is 68.9 cm³/mol. The molecule has 1 saturated heterocycles. The molecule has 1 fully saturated rings. The zero-order valence-corrected chi connectivity index (χ0v) is 12.1. The molecule has 0 bridgehead atoms. The Morgan fingerprint density at radius 1 is 1.00 bits per heavy atom. The van der Waals surface area contributed by atoms with Crippen LogP contribution >= 0.6 is 0 Å². The molecule has 13 heteroatoms. The number of halogens is 6. The molecule has 7 nitrogen and oxygen atoms in total. The molecule has 0 aliphatic carbocycles. The lowest BCUT2D eigenvalue weighted by molar-refractivity contribution is -0.193.